The van der Waals surface area contributed by atoms with Gasteiger partial charge in [-0.05, 0) is 44.9 Å². The van der Waals surface area contributed by atoms with Gasteiger partial charge in [-0.1, -0.05) is 12.1 Å². The molecule has 0 aliphatic rings. The molecule has 1 rings (SSSR count). The Balaban J connectivity index is 2.42. The summed E-state index contributed by atoms with van der Waals surface area (Å²) in [6, 6.07) is 9.03. The van der Waals surface area contributed by atoms with E-state index in [-0.39, 0.29) is 17.7 Å². The van der Waals surface area contributed by atoms with E-state index in [2.05, 4.69) is 16.7 Å². The Morgan fingerprint density at radius 1 is 1.48 bits per heavy atom. The van der Waals surface area contributed by atoms with Crippen LogP contribution in [0.4, 0.5) is 4.79 Å². The third-order valence-electron chi connectivity index (χ3n) is 3.24. The molecule has 0 saturated heterocycles. The minimum Gasteiger partial charge on any atom is -0.379 e. The summed E-state index contributed by atoms with van der Waals surface area (Å²) < 4.78 is 5.34. The number of amides is 2. The van der Waals surface area contributed by atoms with Crippen LogP contribution in [0.1, 0.15) is 38.3 Å². The number of benzene rings is 1. The number of carbonyl (C=O) groups is 1. The number of urea groups is 1. The fourth-order valence-electron chi connectivity index (χ4n) is 2.08. The van der Waals surface area contributed by atoms with Crippen molar-refractivity contribution in [1.82, 2.24) is 10.6 Å². The van der Waals surface area contributed by atoms with Gasteiger partial charge in [-0.2, -0.15) is 5.26 Å². The second-order valence-electron chi connectivity index (χ2n) is 5.71. The fraction of sp³-hybridized carbons (Fsp3) is 0.500. The topological polar surface area (TPSA) is 74.2 Å². The van der Waals surface area contributed by atoms with Gasteiger partial charge in [-0.3, -0.25) is 0 Å². The molecular weight excluding hydrogens is 266 g/mol. The van der Waals surface area contributed by atoms with E-state index in [0.717, 1.165) is 12.0 Å². The summed E-state index contributed by atoms with van der Waals surface area (Å²) in [6.07, 6.45) is 0.723. The second kappa shape index (κ2) is 7.65. The average molecular weight is 289 g/mol. The smallest absolute Gasteiger partial charge is 0.315 e. The van der Waals surface area contributed by atoms with Gasteiger partial charge in [0.2, 0.25) is 0 Å². The molecule has 0 saturated carbocycles. The zero-order valence-electron chi connectivity index (χ0n) is 13.1. The van der Waals surface area contributed by atoms with Gasteiger partial charge in [0.15, 0.2) is 0 Å². The lowest BCUT2D eigenvalue weighted by atomic mass is 10.00. The molecule has 0 bridgehead atoms. The maximum absolute atomic E-state index is 11.8. The van der Waals surface area contributed by atoms with E-state index in [4.69, 9.17) is 10.00 Å². The number of methoxy groups -OCH3 is 1. The van der Waals surface area contributed by atoms with Crippen LogP contribution in [-0.4, -0.2) is 24.8 Å². The first-order valence-electron chi connectivity index (χ1n) is 6.95. The lowest BCUT2D eigenvalue weighted by Crippen LogP contribution is -2.43. The van der Waals surface area contributed by atoms with Crippen molar-refractivity contribution in [2.45, 2.75) is 45.4 Å². The van der Waals surface area contributed by atoms with Gasteiger partial charge in [-0.15, -0.1) is 0 Å². The van der Waals surface area contributed by atoms with E-state index in [1.165, 1.54) is 0 Å². The van der Waals surface area contributed by atoms with E-state index in [0.29, 0.717) is 12.1 Å². The molecule has 1 atom stereocenters. The first-order chi connectivity index (χ1) is 9.86. The molecular formula is C16H23N3O2. The number of hydrogen-bond donors (Lipinski definition) is 2. The number of nitrogens with zero attached hydrogens (tertiary/aromatic N) is 1. The summed E-state index contributed by atoms with van der Waals surface area (Å²) in [5.41, 5.74) is 1.22. The van der Waals surface area contributed by atoms with Crippen molar-refractivity contribution in [3.8, 4) is 6.07 Å². The van der Waals surface area contributed by atoms with Crippen LogP contribution in [0.3, 0.4) is 0 Å². The van der Waals surface area contributed by atoms with Gasteiger partial charge >= 0.3 is 6.03 Å². The Kier molecular flexibility index (Phi) is 6.19. The zero-order chi connectivity index (χ0) is 15.9. The predicted molar refractivity (Wildman–Crippen MR) is 81.7 cm³/mol. The zero-order valence-corrected chi connectivity index (χ0v) is 13.1. The maximum Gasteiger partial charge on any atom is 0.315 e. The Morgan fingerprint density at radius 2 is 2.19 bits per heavy atom. The largest absolute Gasteiger partial charge is 0.379 e. The van der Waals surface area contributed by atoms with Crippen molar-refractivity contribution >= 4 is 6.03 Å². The van der Waals surface area contributed by atoms with Gasteiger partial charge in [-0.25, -0.2) is 4.79 Å². The molecule has 0 aliphatic heterocycles. The molecule has 5 heteroatoms. The molecule has 1 aromatic rings. The summed E-state index contributed by atoms with van der Waals surface area (Å²) in [5, 5.41) is 14.5. The molecule has 0 aliphatic carbocycles. The van der Waals surface area contributed by atoms with Gasteiger partial charge in [0.1, 0.15) is 0 Å². The van der Waals surface area contributed by atoms with Crippen LogP contribution >= 0.6 is 0 Å². The van der Waals surface area contributed by atoms with Crippen molar-refractivity contribution < 1.29 is 9.53 Å². The van der Waals surface area contributed by atoms with Gasteiger partial charge < -0.3 is 15.4 Å². The fourth-order valence-corrected chi connectivity index (χ4v) is 2.08. The van der Waals surface area contributed by atoms with E-state index in [9.17, 15) is 4.79 Å². The summed E-state index contributed by atoms with van der Waals surface area (Å²) in [4.78, 5) is 11.8. The highest BCUT2D eigenvalue weighted by Crippen LogP contribution is 2.15. The summed E-state index contributed by atoms with van der Waals surface area (Å²) in [7, 11) is 1.66. The molecule has 0 fully saturated rings. The first kappa shape index (κ1) is 17.0. The summed E-state index contributed by atoms with van der Waals surface area (Å²) >= 11 is 0. The molecule has 5 nitrogen and oxygen atoms in total. The van der Waals surface area contributed by atoms with E-state index >= 15 is 0 Å². The monoisotopic (exact) mass is 289 g/mol. The lowest BCUT2D eigenvalue weighted by molar-refractivity contribution is 0.00950. The minimum absolute atomic E-state index is 0.00499. The standard InChI is InChI=1S/C16H23N3O2/c1-12(9-16(2,3)21-4)19-15(20)18-11-14-7-5-6-13(8-14)10-17/h5-8,12H,9,11H2,1-4H3,(H2,18,19,20)/t12-/m1/s1. The predicted octanol–water partition coefficient (Wildman–Crippen LogP) is 2.56. The molecule has 2 N–H and O–H groups in total. The van der Waals surface area contributed by atoms with Crippen molar-refractivity contribution in [2.24, 2.45) is 0 Å². The minimum atomic E-state index is -0.270. The molecule has 1 aromatic carbocycles. The number of ether oxygens (including phenoxy) is 1. The van der Waals surface area contributed by atoms with Gasteiger partial charge in [0, 0.05) is 19.7 Å². The molecule has 0 aromatic heterocycles. The number of nitriles is 1. The third-order valence-corrected chi connectivity index (χ3v) is 3.24. The van der Waals surface area contributed by atoms with Crippen LogP contribution in [0, 0.1) is 11.3 Å². The molecule has 114 valence electrons. The first-order valence-corrected chi connectivity index (χ1v) is 6.95. The molecule has 0 spiro atoms. The number of rotatable bonds is 6. The molecule has 0 radical (unpaired) electrons. The SMILES string of the molecule is COC(C)(C)C[C@@H](C)NC(=O)NCc1cccc(C#N)c1. The molecule has 21 heavy (non-hydrogen) atoms. The number of hydrogen-bond acceptors (Lipinski definition) is 3. The quantitative estimate of drug-likeness (QED) is 0.845. The summed E-state index contributed by atoms with van der Waals surface area (Å²) in [6.45, 7) is 6.30. The third kappa shape index (κ3) is 6.28. The molecule has 0 unspecified atom stereocenters. The lowest BCUT2D eigenvalue weighted by Gasteiger charge is -2.27. The van der Waals surface area contributed by atoms with Crippen LogP contribution in [-0.2, 0) is 11.3 Å². The van der Waals surface area contributed by atoms with Gasteiger partial charge in [0.25, 0.3) is 0 Å². The molecule has 2 amide bonds. The van der Waals surface area contributed by atoms with Gasteiger partial charge in [0.05, 0.1) is 17.2 Å². The Bertz CT molecular complexity index is 520. The number of carbonyl (C=O) groups excluding carboxylic acids is 1. The van der Waals surface area contributed by atoms with Crippen molar-refractivity contribution in [3.63, 3.8) is 0 Å². The Hall–Kier alpha value is -2.06. The summed E-state index contributed by atoms with van der Waals surface area (Å²) in [5.74, 6) is 0. The Labute approximate surface area is 126 Å². The van der Waals surface area contributed by atoms with E-state index in [1.807, 2.05) is 26.8 Å². The van der Waals surface area contributed by atoms with Crippen molar-refractivity contribution in [1.29, 1.82) is 5.26 Å². The van der Waals surface area contributed by atoms with E-state index < -0.39 is 0 Å². The van der Waals surface area contributed by atoms with E-state index in [1.54, 1.807) is 25.3 Å². The normalized spacial score (nSPS) is 12.3. The highest BCUT2D eigenvalue weighted by molar-refractivity contribution is 5.74. The second-order valence-corrected chi connectivity index (χ2v) is 5.71. The highest BCUT2D eigenvalue weighted by Gasteiger charge is 2.21. The van der Waals surface area contributed by atoms with Crippen molar-refractivity contribution in [3.05, 3.63) is 35.4 Å². The van der Waals surface area contributed by atoms with Crippen LogP contribution in [0.15, 0.2) is 24.3 Å². The number of nitrogens with one attached hydrogen (secondary N) is 2. The van der Waals surface area contributed by atoms with Crippen LogP contribution in [0.25, 0.3) is 0 Å². The maximum atomic E-state index is 11.8. The van der Waals surface area contributed by atoms with Crippen LogP contribution in [0.2, 0.25) is 0 Å². The van der Waals surface area contributed by atoms with Crippen LogP contribution < -0.4 is 10.6 Å². The average Bonchev–Trinajstić information content (AvgIpc) is 2.44. The molecule has 0 heterocycles. The van der Waals surface area contributed by atoms with Crippen molar-refractivity contribution in [2.75, 3.05) is 7.11 Å². The Morgan fingerprint density at radius 3 is 2.81 bits per heavy atom. The van der Waals surface area contributed by atoms with Crippen LogP contribution in [0.5, 0.6) is 0 Å². The highest BCUT2D eigenvalue weighted by atomic mass is 16.5.